The molecule has 0 saturated heterocycles. The Morgan fingerprint density at radius 3 is 2.31 bits per heavy atom. The summed E-state index contributed by atoms with van der Waals surface area (Å²) in [5.41, 5.74) is 6.72. The highest BCUT2D eigenvalue weighted by atomic mass is 19.1. The molecule has 1 rings (SSSR count). The molecule has 0 radical (unpaired) electrons. The van der Waals surface area contributed by atoms with Crippen molar-refractivity contribution < 1.29 is 9.13 Å². The van der Waals surface area contributed by atoms with Crippen LogP contribution in [0.3, 0.4) is 0 Å². The lowest BCUT2D eigenvalue weighted by atomic mass is 10.2. The van der Waals surface area contributed by atoms with E-state index in [2.05, 4.69) is 0 Å². The Morgan fingerprint density at radius 1 is 1.31 bits per heavy atom. The van der Waals surface area contributed by atoms with Crippen molar-refractivity contribution in [2.75, 3.05) is 12.8 Å². The van der Waals surface area contributed by atoms with Crippen LogP contribution in [0.4, 0.5) is 10.1 Å². The maximum Gasteiger partial charge on any atom is 0.167 e. The molecule has 0 aliphatic carbocycles. The molecule has 3 heteroatoms. The van der Waals surface area contributed by atoms with Crippen LogP contribution in [-0.4, -0.2) is 7.11 Å². The third kappa shape index (κ3) is 2.93. The van der Waals surface area contributed by atoms with Crippen molar-refractivity contribution >= 4 is 5.69 Å². The van der Waals surface area contributed by atoms with Gasteiger partial charge in [0.15, 0.2) is 11.6 Å². The van der Waals surface area contributed by atoms with E-state index >= 15 is 0 Å². The van der Waals surface area contributed by atoms with E-state index in [0.717, 1.165) is 5.56 Å². The molecule has 0 aliphatic heterocycles. The maximum absolute atomic E-state index is 12.8. The van der Waals surface area contributed by atoms with Crippen molar-refractivity contribution in [3.8, 4) is 5.75 Å². The Morgan fingerprint density at radius 2 is 1.85 bits per heavy atom. The Hall–Kier alpha value is -1.25. The first-order valence-corrected chi connectivity index (χ1v) is 4.24. The van der Waals surface area contributed by atoms with Gasteiger partial charge in [-0.2, -0.15) is 0 Å². The van der Waals surface area contributed by atoms with Crippen LogP contribution in [0.1, 0.15) is 19.4 Å². The standard InChI is InChI=1S/C8H10FNO.C2H6/c1-5-3-8(11-2)6(9)4-7(5)10;1-2/h3-4H,10H2,1-2H3;1-2H3. The van der Waals surface area contributed by atoms with Gasteiger partial charge in [0, 0.05) is 11.8 Å². The molecular weight excluding hydrogens is 169 g/mol. The van der Waals surface area contributed by atoms with Gasteiger partial charge in [0.1, 0.15) is 0 Å². The highest BCUT2D eigenvalue weighted by molar-refractivity contribution is 5.50. The van der Waals surface area contributed by atoms with Crippen LogP contribution >= 0.6 is 0 Å². The van der Waals surface area contributed by atoms with Crippen molar-refractivity contribution in [1.82, 2.24) is 0 Å². The van der Waals surface area contributed by atoms with E-state index in [0.29, 0.717) is 5.69 Å². The topological polar surface area (TPSA) is 35.2 Å². The zero-order valence-corrected chi connectivity index (χ0v) is 8.52. The number of anilines is 1. The summed E-state index contributed by atoms with van der Waals surface area (Å²) < 4.78 is 17.6. The zero-order chi connectivity index (χ0) is 10.4. The summed E-state index contributed by atoms with van der Waals surface area (Å²) in [7, 11) is 1.42. The summed E-state index contributed by atoms with van der Waals surface area (Å²) in [6.07, 6.45) is 0. The van der Waals surface area contributed by atoms with Gasteiger partial charge in [-0.25, -0.2) is 4.39 Å². The molecule has 1 aromatic rings. The second kappa shape index (κ2) is 5.41. The number of aryl methyl sites for hydroxylation is 1. The van der Waals surface area contributed by atoms with E-state index in [1.165, 1.54) is 13.2 Å². The SMILES string of the molecule is CC.COc1cc(C)c(N)cc1F. The van der Waals surface area contributed by atoms with Gasteiger partial charge in [-0.1, -0.05) is 13.8 Å². The van der Waals surface area contributed by atoms with Crippen molar-refractivity contribution in [3.63, 3.8) is 0 Å². The zero-order valence-electron chi connectivity index (χ0n) is 8.52. The second-order valence-corrected chi connectivity index (χ2v) is 2.34. The Labute approximate surface area is 78.5 Å². The molecule has 2 N–H and O–H groups in total. The molecule has 0 amide bonds. The van der Waals surface area contributed by atoms with Gasteiger partial charge in [0.05, 0.1) is 7.11 Å². The Balaban J connectivity index is 0.000000671. The second-order valence-electron chi connectivity index (χ2n) is 2.34. The number of hydrogen-bond acceptors (Lipinski definition) is 2. The number of halogens is 1. The summed E-state index contributed by atoms with van der Waals surface area (Å²) in [6.45, 7) is 5.80. The fourth-order valence-electron chi connectivity index (χ4n) is 0.827. The minimum Gasteiger partial charge on any atom is -0.494 e. The van der Waals surface area contributed by atoms with Gasteiger partial charge in [-0.05, 0) is 18.6 Å². The highest BCUT2D eigenvalue weighted by Crippen LogP contribution is 2.22. The molecule has 74 valence electrons. The van der Waals surface area contributed by atoms with Gasteiger partial charge in [-0.15, -0.1) is 0 Å². The van der Waals surface area contributed by atoms with E-state index in [-0.39, 0.29) is 5.75 Å². The van der Waals surface area contributed by atoms with E-state index in [1.54, 1.807) is 13.0 Å². The molecule has 0 spiro atoms. The normalized spacial score (nSPS) is 8.69. The van der Waals surface area contributed by atoms with E-state index in [9.17, 15) is 4.39 Å². The van der Waals surface area contributed by atoms with Crippen LogP contribution in [0, 0.1) is 12.7 Å². The summed E-state index contributed by atoms with van der Waals surface area (Å²) in [6, 6.07) is 2.83. The average molecular weight is 185 g/mol. The van der Waals surface area contributed by atoms with Crippen LogP contribution in [0.15, 0.2) is 12.1 Å². The van der Waals surface area contributed by atoms with Crippen LogP contribution in [0.2, 0.25) is 0 Å². The molecule has 0 aromatic heterocycles. The monoisotopic (exact) mass is 185 g/mol. The molecule has 13 heavy (non-hydrogen) atoms. The third-order valence-electron chi connectivity index (χ3n) is 1.54. The first kappa shape index (κ1) is 11.8. The van der Waals surface area contributed by atoms with Crippen LogP contribution in [-0.2, 0) is 0 Å². The fraction of sp³-hybridized carbons (Fsp3) is 0.400. The average Bonchev–Trinajstić information content (AvgIpc) is 2.15. The van der Waals surface area contributed by atoms with Gasteiger partial charge in [0.25, 0.3) is 0 Å². The van der Waals surface area contributed by atoms with Gasteiger partial charge in [-0.3, -0.25) is 0 Å². The first-order valence-electron chi connectivity index (χ1n) is 4.24. The maximum atomic E-state index is 12.8. The van der Waals surface area contributed by atoms with Crippen molar-refractivity contribution in [2.24, 2.45) is 0 Å². The first-order chi connectivity index (χ1) is 6.15. The minimum absolute atomic E-state index is 0.233. The van der Waals surface area contributed by atoms with Crippen LogP contribution in [0.5, 0.6) is 5.75 Å². The van der Waals surface area contributed by atoms with E-state index < -0.39 is 5.82 Å². The van der Waals surface area contributed by atoms with Gasteiger partial charge < -0.3 is 10.5 Å². The Kier molecular flexibility index (Phi) is 4.89. The molecule has 1 aromatic carbocycles. The number of rotatable bonds is 1. The number of nitrogen functional groups attached to an aromatic ring is 1. The molecule has 0 fully saturated rings. The van der Waals surface area contributed by atoms with Crippen LogP contribution in [0.25, 0.3) is 0 Å². The lowest BCUT2D eigenvalue weighted by Crippen LogP contribution is -1.94. The van der Waals surface area contributed by atoms with Crippen molar-refractivity contribution in [1.29, 1.82) is 0 Å². The number of hydrogen-bond donors (Lipinski definition) is 1. The lowest BCUT2D eigenvalue weighted by Gasteiger charge is -2.04. The van der Waals surface area contributed by atoms with Gasteiger partial charge >= 0.3 is 0 Å². The Bertz CT molecular complexity index is 274. The smallest absolute Gasteiger partial charge is 0.167 e. The number of nitrogens with two attached hydrogens (primary N) is 1. The number of ether oxygens (including phenoxy) is 1. The quantitative estimate of drug-likeness (QED) is 0.683. The fourth-order valence-corrected chi connectivity index (χ4v) is 0.827. The summed E-state index contributed by atoms with van der Waals surface area (Å²) in [5.74, 6) is -0.188. The van der Waals surface area contributed by atoms with E-state index in [1.807, 2.05) is 13.8 Å². The van der Waals surface area contributed by atoms with Gasteiger partial charge in [0.2, 0.25) is 0 Å². The van der Waals surface area contributed by atoms with Crippen molar-refractivity contribution in [2.45, 2.75) is 20.8 Å². The highest BCUT2D eigenvalue weighted by Gasteiger charge is 2.03. The number of methoxy groups -OCH3 is 1. The predicted octanol–water partition coefficient (Wildman–Crippen LogP) is 2.75. The largest absolute Gasteiger partial charge is 0.494 e. The lowest BCUT2D eigenvalue weighted by molar-refractivity contribution is 0.386. The molecule has 2 nitrogen and oxygen atoms in total. The molecule has 0 heterocycles. The predicted molar refractivity (Wildman–Crippen MR) is 53.4 cm³/mol. The molecule has 0 bridgehead atoms. The summed E-state index contributed by atoms with van der Waals surface area (Å²) >= 11 is 0. The molecule has 0 saturated carbocycles. The third-order valence-corrected chi connectivity index (χ3v) is 1.54. The van der Waals surface area contributed by atoms with Crippen LogP contribution < -0.4 is 10.5 Å². The van der Waals surface area contributed by atoms with Crippen molar-refractivity contribution in [3.05, 3.63) is 23.5 Å². The molecule has 0 unspecified atom stereocenters. The summed E-state index contributed by atoms with van der Waals surface area (Å²) in [4.78, 5) is 0. The summed E-state index contributed by atoms with van der Waals surface area (Å²) in [5, 5.41) is 0. The number of benzene rings is 1. The minimum atomic E-state index is -0.421. The molecule has 0 atom stereocenters. The molecule has 0 aliphatic rings. The van der Waals surface area contributed by atoms with E-state index in [4.69, 9.17) is 10.5 Å². The molecular formula is C10H16FNO.